The zero-order chi connectivity index (χ0) is 14.9. The van der Waals surface area contributed by atoms with Crippen molar-refractivity contribution in [2.45, 2.75) is 19.3 Å². The van der Waals surface area contributed by atoms with Crippen LogP contribution in [0.2, 0.25) is 0 Å². The lowest BCUT2D eigenvalue weighted by Gasteiger charge is -2.13. The molecule has 0 aliphatic carbocycles. The Morgan fingerprint density at radius 3 is 3.05 bits per heavy atom. The zero-order valence-electron chi connectivity index (χ0n) is 12.1. The molecule has 1 aliphatic rings. The normalized spacial score (nSPS) is 15.1. The van der Waals surface area contributed by atoms with Crippen LogP contribution >= 0.6 is 11.3 Å². The van der Waals surface area contributed by atoms with Gasteiger partial charge in [0.15, 0.2) is 5.76 Å². The van der Waals surface area contributed by atoms with Gasteiger partial charge in [0.25, 0.3) is 0 Å². The van der Waals surface area contributed by atoms with Gasteiger partial charge in [0.05, 0.1) is 5.01 Å². The molecule has 4 rings (SSSR count). The van der Waals surface area contributed by atoms with Crippen LogP contribution in [0, 0.1) is 0 Å². The molecule has 4 nitrogen and oxygen atoms in total. The summed E-state index contributed by atoms with van der Waals surface area (Å²) in [5.74, 6) is 1.08. The highest BCUT2D eigenvalue weighted by Gasteiger charge is 2.20. The summed E-state index contributed by atoms with van der Waals surface area (Å²) < 4.78 is 5.84. The molecule has 0 unspecified atom stereocenters. The maximum atomic E-state index is 11.6. The van der Waals surface area contributed by atoms with Crippen molar-refractivity contribution < 1.29 is 9.21 Å². The first-order valence-corrected chi connectivity index (χ1v) is 8.39. The molecular formula is C17H16N2O2S. The second-order valence-electron chi connectivity index (χ2n) is 5.51. The van der Waals surface area contributed by atoms with Crippen molar-refractivity contribution in [3.63, 3.8) is 0 Å². The highest BCUT2D eigenvalue weighted by Crippen LogP contribution is 2.28. The van der Waals surface area contributed by atoms with Crippen LogP contribution in [0.5, 0.6) is 0 Å². The summed E-state index contributed by atoms with van der Waals surface area (Å²) in [6, 6.07) is 9.99. The van der Waals surface area contributed by atoms with Gasteiger partial charge in [-0.05, 0) is 18.6 Å². The number of nitrogens with zero attached hydrogens (tertiary/aromatic N) is 2. The molecule has 2 aromatic heterocycles. The molecule has 3 heterocycles. The van der Waals surface area contributed by atoms with Crippen molar-refractivity contribution in [1.29, 1.82) is 0 Å². The molecule has 0 radical (unpaired) electrons. The maximum Gasteiger partial charge on any atom is 0.222 e. The van der Waals surface area contributed by atoms with Crippen molar-refractivity contribution >= 4 is 28.2 Å². The Bertz CT molecular complexity index is 788. The zero-order valence-corrected chi connectivity index (χ0v) is 12.9. The quantitative estimate of drug-likeness (QED) is 0.737. The number of carbonyl (C=O) groups excluding carboxylic acids is 1. The van der Waals surface area contributed by atoms with Crippen molar-refractivity contribution in [1.82, 2.24) is 9.88 Å². The number of hydrogen-bond donors (Lipinski definition) is 0. The molecule has 0 bridgehead atoms. The molecule has 0 saturated carbocycles. The standard InChI is InChI=1S/C17H16N2O2S/c20-17-6-3-8-19(17)9-7-16-18-13(11-22-16)15-10-12-4-1-2-5-14(12)21-15/h1-2,4-5,10-11H,3,6-9H2. The first-order chi connectivity index (χ1) is 10.8. The molecule has 0 N–H and O–H groups in total. The van der Waals surface area contributed by atoms with E-state index in [9.17, 15) is 4.79 Å². The number of carbonyl (C=O) groups is 1. The third-order valence-corrected chi connectivity index (χ3v) is 4.91. The maximum absolute atomic E-state index is 11.6. The Kier molecular flexibility index (Phi) is 3.42. The topological polar surface area (TPSA) is 46.3 Å². The van der Waals surface area contributed by atoms with Gasteiger partial charge in [-0.2, -0.15) is 0 Å². The van der Waals surface area contributed by atoms with Gasteiger partial charge in [-0.15, -0.1) is 11.3 Å². The summed E-state index contributed by atoms with van der Waals surface area (Å²) in [5, 5.41) is 4.17. The van der Waals surface area contributed by atoms with Crippen LogP contribution in [0.3, 0.4) is 0 Å². The first-order valence-electron chi connectivity index (χ1n) is 7.51. The molecule has 22 heavy (non-hydrogen) atoms. The number of furan rings is 1. The molecule has 5 heteroatoms. The second kappa shape index (κ2) is 5.57. The van der Waals surface area contributed by atoms with E-state index in [0.717, 1.165) is 53.4 Å². The van der Waals surface area contributed by atoms with Crippen molar-refractivity contribution in [3.05, 3.63) is 40.7 Å². The minimum absolute atomic E-state index is 0.272. The molecule has 3 aromatic rings. The third-order valence-electron chi connectivity index (χ3n) is 4.00. The number of rotatable bonds is 4. The van der Waals surface area contributed by atoms with E-state index in [1.54, 1.807) is 11.3 Å². The number of likely N-dealkylation sites (tertiary alicyclic amines) is 1. The van der Waals surface area contributed by atoms with E-state index in [0.29, 0.717) is 6.42 Å². The molecule has 1 aromatic carbocycles. The molecule has 1 amide bonds. The average molecular weight is 312 g/mol. The Labute approximate surface area is 132 Å². The fourth-order valence-electron chi connectivity index (χ4n) is 2.82. The van der Waals surface area contributed by atoms with E-state index in [2.05, 4.69) is 4.98 Å². The molecule has 1 saturated heterocycles. The summed E-state index contributed by atoms with van der Waals surface area (Å²) in [7, 11) is 0. The van der Waals surface area contributed by atoms with Crippen molar-refractivity contribution in [3.8, 4) is 11.5 Å². The predicted molar refractivity (Wildman–Crippen MR) is 86.8 cm³/mol. The van der Waals surface area contributed by atoms with Crippen molar-refractivity contribution in [2.24, 2.45) is 0 Å². The van der Waals surface area contributed by atoms with Crippen LogP contribution < -0.4 is 0 Å². The average Bonchev–Trinajstić information content (AvgIpc) is 3.24. The Morgan fingerprint density at radius 2 is 2.23 bits per heavy atom. The van der Waals surface area contributed by atoms with Gasteiger partial charge in [-0.3, -0.25) is 4.79 Å². The number of benzene rings is 1. The largest absolute Gasteiger partial charge is 0.454 e. The Balaban J connectivity index is 1.49. The van der Waals surface area contributed by atoms with Gasteiger partial charge in [-0.25, -0.2) is 4.98 Å². The van der Waals surface area contributed by atoms with Crippen LogP contribution in [0.25, 0.3) is 22.4 Å². The van der Waals surface area contributed by atoms with Crippen LogP contribution in [-0.2, 0) is 11.2 Å². The number of thiazole rings is 1. The molecule has 112 valence electrons. The van der Waals surface area contributed by atoms with E-state index in [1.807, 2.05) is 40.6 Å². The number of aromatic nitrogens is 1. The monoisotopic (exact) mass is 312 g/mol. The van der Waals surface area contributed by atoms with Crippen LogP contribution in [0.4, 0.5) is 0 Å². The summed E-state index contributed by atoms with van der Waals surface area (Å²) in [5.41, 5.74) is 1.76. The molecular weight excluding hydrogens is 296 g/mol. The lowest BCUT2D eigenvalue weighted by Crippen LogP contribution is -2.26. The fourth-order valence-corrected chi connectivity index (χ4v) is 3.59. The van der Waals surface area contributed by atoms with E-state index >= 15 is 0 Å². The number of fused-ring (bicyclic) bond motifs is 1. The van der Waals surface area contributed by atoms with E-state index in [-0.39, 0.29) is 5.91 Å². The Hall–Kier alpha value is -2.14. The minimum atomic E-state index is 0.272. The molecule has 0 spiro atoms. The minimum Gasteiger partial charge on any atom is -0.454 e. The van der Waals surface area contributed by atoms with Crippen molar-refractivity contribution in [2.75, 3.05) is 13.1 Å². The lowest BCUT2D eigenvalue weighted by atomic mass is 10.2. The fraction of sp³-hybridized carbons (Fsp3) is 0.294. The van der Waals surface area contributed by atoms with Gasteiger partial charge in [-0.1, -0.05) is 18.2 Å². The van der Waals surface area contributed by atoms with Gasteiger partial charge >= 0.3 is 0 Å². The summed E-state index contributed by atoms with van der Waals surface area (Å²) >= 11 is 1.63. The SMILES string of the molecule is O=C1CCCN1CCc1nc(-c2cc3ccccc3o2)cs1. The lowest BCUT2D eigenvalue weighted by molar-refractivity contribution is -0.127. The third kappa shape index (κ3) is 2.52. The highest BCUT2D eigenvalue weighted by atomic mass is 32.1. The first kappa shape index (κ1) is 13.5. The summed E-state index contributed by atoms with van der Waals surface area (Å²) in [4.78, 5) is 18.2. The highest BCUT2D eigenvalue weighted by molar-refractivity contribution is 7.09. The Morgan fingerprint density at radius 1 is 1.32 bits per heavy atom. The number of hydrogen-bond acceptors (Lipinski definition) is 4. The number of amides is 1. The predicted octanol–water partition coefficient (Wildman–Crippen LogP) is 3.72. The van der Waals surface area contributed by atoms with Crippen LogP contribution in [-0.4, -0.2) is 28.9 Å². The molecule has 0 atom stereocenters. The summed E-state index contributed by atoms with van der Waals surface area (Å²) in [6.45, 7) is 1.66. The summed E-state index contributed by atoms with van der Waals surface area (Å²) in [6.07, 6.45) is 2.50. The van der Waals surface area contributed by atoms with Gasteiger partial charge < -0.3 is 9.32 Å². The van der Waals surface area contributed by atoms with Gasteiger partial charge in [0, 0.05) is 36.7 Å². The second-order valence-corrected chi connectivity index (χ2v) is 6.45. The van der Waals surface area contributed by atoms with Gasteiger partial charge in [0.1, 0.15) is 11.3 Å². The van der Waals surface area contributed by atoms with E-state index in [4.69, 9.17) is 4.42 Å². The van der Waals surface area contributed by atoms with E-state index in [1.165, 1.54) is 0 Å². The van der Waals surface area contributed by atoms with E-state index < -0.39 is 0 Å². The molecule has 1 fully saturated rings. The van der Waals surface area contributed by atoms with Gasteiger partial charge in [0.2, 0.25) is 5.91 Å². The smallest absolute Gasteiger partial charge is 0.222 e. The number of para-hydroxylation sites is 1. The van der Waals surface area contributed by atoms with Crippen LogP contribution in [0.1, 0.15) is 17.8 Å². The molecule has 1 aliphatic heterocycles. The van der Waals surface area contributed by atoms with Crippen LogP contribution in [0.15, 0.2) is 40.1 Å².